The van der Waals surface area contributed by atoms with Crippen molar-refractivity contribution < 1.29 is 19.4 Å². The number of nitrogens with two attached hydrogens (primary N) is 1. The van der Waals surface area contributed by atoms with Crippen LogP contribution in [-0.2, 0) is 4.79 Å². The number of carbonyl (C=O) groups excluding carboxylic acids is 2. The maximum Gasteiger partial charge on any atom is 0.239 e. The van der Waals surface area contributed by atoms with E-state index in [1.807, 2.05) is 13.0 Å². The third-order valence-corrected chi connectivity index (χ3v) is 3.23. The van der Waals surface area contributed by atoms with Gasteiger partial charge in [-0.15, -0.1) is 0 Å². The maximum absolute atomic E-state index is 12.4. The fraction of sp³-hybridized carbons (Fsp3) is 0.429. The summed E-state index contributed by atoms with van der Waals surface area (Å²) in [4.78, 5) is 24.1. The average Bonchev–Trinajstić information content (AvgIpc) is 2.59. The normalized spacial score (nSPS) is 19.6. The predicted molar refractivity (Wildman–Crippen MR) is 72.6 cm³/mol. The van der Waals surface area contributed by atoms with Crippen LogP contribution in [0.1, 0.15) is 22.3 Å². The number of ether oxygens (including phenoxy) is 1. The molecule has 2 atom stereocenters. The second-order valence-electron chi connectivity index (χ2n) is 4.85. The Labute approximate surface area is 116 Å². The molecule has 6 heteroatoms. The van der Waals surface area contributed by atoms with Gasteiger partial charge in [0.15, 0.2) is 5.78 Å². The van der Waals surface area contributed by atoms with E-state index in [2.05, 4.69) is 5.32 Å². The molecule has 1 heterocycles. The van der Waals surface area contributed by atoms with Gasteiger partial charge in [0.2, 0.25) is 5.91 Å². The largest absolute Gasteiger partial charge is 0.493 e. The van der Waals surface area contributed by atoms with E-state index >= 15 is 0 Å². The quantitative estimate of drug-likeness (QED) is 0.708. The van der Waals surface area contributed by atoms with Crippen LogP contribution in [0.3, 0.4) is 0 Å². The van der Waals surface area contributed by atoms with Crippen molar-refractivity contribution in [2.75, 3.05) is 13.2 Å². The molecule has 2 rings (SSSR count). The van der Waals surface area contributed by atoms with Crippen LogP contribution in [0.5, 0.6) is 5.75 Å². The van der Waals surface area contributed by atoms with Gasteiger partial charge in [0.25, 0.3) is 0 Å². The van der Waals surface area contributed by atoms with Crippen LogP contribution < -0.4 is 15.8 Å². The second kappa shape index (κ2) is 6.02. The summed E-state index contributed by atoms with van der Waals surface area (Å²) < 4.78 is 5.52. The van der Waals surface area contributed by atoms with Gasteiger partial charge in [-0.05, 0) is 19.1 Å². The average molecular weight is 278 g/mol. The zero-order valence-corrected chi connectivity index (χ0v) is 11.3. The van der Waals surface area contributed by atoms with Crippen LogP contribution >= 0.6 is 0 Å². The third kappa shape index (κ3) is 2.97. The van der Waals surface area contributed by atoms with Gasteiger partial charge in [-0.2, -0.15) is 0 Å². The molecule has 0 bridgehead atoms. The number of nitrogens with one attached hydrogen (secondary N) is 1. The zero-order valence-electron chi connectivity index (χ0n) is 11.3. The minimum atomic E-state index is -1.02. The Morgan fingerprint density at radius 3 is 3.05 bits per heavy atom. The Morgan fingerprint density at radius 1 is 1.60 bits per heavy atom. The summed E-state index contributed by atoms with van der Waals surface area (Å²) in [6, 6.07) is 3.67. The van der Waals surface area contributed by atoms with Crippen LogP contribution in [0.4, 0.5) is 0 Å². The summed E-state index contributed by atoms with van der Waals surface area (Å²) in [6.45, 7) is 1.76. The molecule has 20 heavy (non-hydrogen) atoms. The molecule has 6 nitrogen and oxygen atoms in total. The van der Waals surface area contributed by atoms with Crippen LogP contribution in [0.2, 0.25) is 0 Å². The van der Waals surface area contributed by atoms with Gasteiger partial charge in [-0.25, -0.2) is 0 Å². The molecule has 0 fully saturated rings. The highest BCUT2D eigenvalue weighted by atomic mass is 16.5. The first-order valence-electron chi connectivity index (χ1n) is 6.47. The maximum atomic E-state index is 12.4. The van der Waals surface area contributed by atoms with Crippen molar-refractivity contribution in [3.05, 3.63) is 29.3 Å². The number of aliphatic hydroxyl groups is 1. The summed E-state index contributed by atoms with van der Waals surface area (Å²) in [6.07, 6.45) is 0.371. The van der Waals surface area contributed by atoms with E-state index in [1.54, 1.807) is 12.1 Å². The van der Waals surface area contributed by atoms with Crippen molar-refractivity contribution in [3.63, 3.8) is 0 Å². The number of amides is 1. The smallest absolute Gasteiger partial charge is 0.239 e. The van der Waals surface area contributed by atoms with Crippen LogP contribution in [0, 0.1) is 6.92 Å². The molecule has 0 aliphatic carbocycles. The standard InChI is InChI=1S/C14H18N2O4/c1-8-2-3-12-9(6-8)13(18)11(4-5-20-12)16-14(19)10(15)7-17/h2-3,6,10-11,17H,4-5,7,15H2,1H3,(H,16,19). The second-order valence-corrected chi connectivity index (χ2v) is 4.85. The molecular formula is C14H18N2O4. The van der Waals surface area contributed by atoms with Gasteiger partial charge in [0, 0.05) is 6.42 Å². The topological polar surface area (TPSA) is 102 Å². The van der Waals surface area contributed by atoms with Gasteiger partial charge in [-0.1, -0.05) is 11.6 Å². The number of hydrogen-bond donors (Lipinski definition) is 3. The number of aliphatic hydroxyl groups excluding tert-OH is 1. The van der Waals surface area contributed by atoms with Crippen LogP contribution in [0.15, 0.2) is 18.2 Å². The molecule has 0 saturated carbocycles. The van der Waals surface area contributed by atoms with E-state index < -0.39 is 24.6 Å². The number of hydrogen-bond acceptors (Lipinski definition) is 5. The van der Waals surface area contributed by atoms with Crippen molar-refractivity contribution in [2.45, 2.75) is 25.4 Å². The minimum Gasteiger partial charge on any atom is -0.493 e. The van der Waals surface area contributed by atoms with Gasteiger partial charge >= 0.3 is 0 Å². The molecule has 0 radical (unpaired) electrons. The SMILES string of the molecule is Cc1ccc2c(c1)C(=O)C(NC(=O)C(N)CO)CCO2. The lowest BCUT2D eigenvalue weighted by atomic mass is 10.00. The van der Waals surface area contributed by atoms with E-state index in [0.717, 1.165) is 5.56 Å². The first-order valence-corrected chi connectivity index (χ1v) is 6.47. The van der Waals surface area contributed by atoms with Crippen molar-refractivity contribution in [1.29, 1.82) is 0 Å². The van der Waals surface area contributed by atoms with Crippen LogP contribution in [0.25, 0.3) is 0 Å². The Balaban J connectivity index is 2.21. The number of rotatable bonds is 3. The van der Waals surface area contributed by atoms with Crippen molar-refractivity contribution in [3.8, 4) is 5.75 Å². The summed E-state index contributed by atoms with van der Waals surface area (Å²) in [5, 5.41) is 11.4. The number of ketones is 1. The van der Waals surface area contributed by atoms with Crippen molar-refractivity contribution >= 4 is 11.7 Å². The van der Waals surface area contributed by atoms with E-state index in [0.29, 0.717) is 24.3 Å². The molecule has 4 N–H and O–H groups in total. The van der Waals surface area contributed by atoms with Crippen molar-refractivity contribution in [2.24, 2.45) is 5.73 Å². The third-order valence-electron chi connectivity index (χ3n) is 3.23. The highest BCUT2D eigenvalue weighted by Crippen LogP contribution is 2.25. The van der Waals surface area contributed by atoms with E-state index in [9.17, 15) is 9.59 Å². The molecule has 0 aromatic heterocycles. The molecule has 2 unspecified atom stereocenters. The molecule has 1 aliphatic heterocycles. The molecule has 0 saturated heterocycles. The molecule has 0 spiro atoms. The summed E-state index contributed by atoms with van der Waals surface area (Å²) in [5.74, 6) is -0.203. The zero-order chi connectivity index (χ0) is 14.7. The first kappa shape index (κ1) is 14.5. The fourth-order valence-electron chi connectivity index (χ4n) is 2.07. The van der Waals surface area contributed by atoms with Gasteiger partial charge < -0.3 is 20.9 Å². The molecule has 1 aromatic rings. The monoisotopic (exact) mass is 278 g/mol. The lowest BCUT2D eigenvalue weighted by molar-refractivity contribution is -0.123. The minimum absolute atomic E-state index is 0.195. The van der Waals surface area contributed by atoms with E-state index in [-0.39, 0.29) is 5.78 Å². The molecular weight excluding hydrogens is 260 g/mol. The Kier molecular flexibility index (Phi) is 4.36. The number of carbonyl (C=O) groups is 2. The highest BCUT2D eigenvalue weighted by Gasteiger charge is 2.29. The van der Waals surface area contributed by atoms with Crippen LogP contribution in [-0.4, -0.2) is 42.1 Å². The Hall–Kier alpha value is -1.92. The summed E-state index contributed by atoms with van der Waals surface area (Å²) >= 11 is 0. The number of aryl methyl sites for hydroxylation is 1. The Morgan fingerprint density at radius 2 is 2.35 bits per heavy atom. The van der Waals surface area contributed by atoms with Crippen molar-refractivity contribution in [1.82, 2.24) is 5.32 Å². The molecule has 1 aromatic carbocycles. The number of Topliss-reactive ketones (excluding diaryl/α,β-unsaturated/α-hetero) is 1. The van der Waals surface area contributed by atoms with E-state index in [1.165, 1.54) is 0 Å². The first-order chi connectivity index (χ1) is 9.52. The summed E-state index contributed by atoms with van der Waals surface area (Å²) in [5.41, 5.74) is 6.84. The lowest BCUT2D eigenvalue weighted by Crippen LogP contribution is -2.49. The van der Waals surface area contributed by atoms with Gasteiger partial charge in [0.1, 0.15) is 11.8 Å². The van der Waals surface area contributed by atoms with Gasteiger partial charge in [-0.3, -0.25) is 9.59 Å². The van der Waals surface area contributed by atoms with Gasteiger partial charge in [0.05, 0.1) is 24.8 Å². The fourth-order valence-corrected chi connectivity index (χ4v) is 2.07. The number of fused-ring (bicyclic) bond motifs is 1. The summed E-state index contributed by atoms with van der Waals surface area (Å²) in [7, 11) is 0. The molecule has 108 valence electrons. The lowest BCUT2D eigenvalue weighted by Gasteiger charge is -2.17. The molecule has 1 aliphatic rings. The highest BCUT2D eigenvalue weighted by molar-refractivity contribution is 6.04. The van der Waals surface area contributed by atoms with E-state index in [4.69, 9.17) is 15.6 Å². The number of benzene rings is 1. The Bertz CT molecular complexity index is 530. The predicted octanol–water partition coefficient (Wildman–Crippen LogP) is -0.235. The molecule has 1 amide bonds.